The van der Waals surface area contributed by atoms with E-state index in [1.807, 2.05) is 30.3 Å². The number of aromatic nitrogens is 4. The maximum atomic E-state index is 6.02. The highest BCUT2D eigenvalue weighted by atomic mass is 16.3. The smallest absolute Gasteiger partial charge is 0.139 e. The summed E-state index contributed by atoms with van der Waals surface area (Å²) >= 11 is 0. The first kappa shape index (κ1) is 12.8. The molecule has 2 heterocycles. The van der Waals surface area contributed by atoms with Crippen LogP contribution in [0.5, 0.6) is 0 Å². The molecule has 1 atom stereocenters. The molecule has 22 heavy (non-hydrogen) atoms. The number of para-hydroxylation sites is 1. The van der Waals surface area contributed by atoms with Crippen LogP contribution in [0.15, 0.2) is 65.3 Å². The SMILES string of the molecule is Cc1ccc(C(c2cc3ccccc3o2)n2cnnn2)cc1. The van der Waals surface area contributed by atoms with Crippen molar-refractivity contribution in [3.8, 4) is 0 Å². The Bertz CT molecular complexity index is 861. The van der Waals surface area contributed by atoms with E-state index in [-0.39, 0.29) is 6.04 Å². The van der Waals surface area contributed by atoms with Crippen molar-refractivity contribution < 1.29 is 4.42 Å². The van der Waals surface area contributed by atoms with Crippen LogP contribution in [0, 0.1) is 6.92 Å². The molecule has 5 heteroatoms. The minimum atomic E-state index is -0.178. The molecule has 0 aliphatic heterocycles. The molecule has 108 valence electrons. The lowest BCUT2D eigenvalue weighted by Crippen LogP contribution is -2.12. The van der Waals surface area contributed by atoms with Gasteiger partial charge in [0.15, 0.2) is 0 Å². The molecular formula is C17H14N4O. The number of rotatable bonds is 3. The van der Waals surface area contributed by atoms with Crippen molar-refractivity contribution in [2.24, 2.45) is 0 Å². The minimum absolute atomic E-state index is 0.178. The summed E-state index contributed by atoms with van der Waals surface area (Å²) in [5.74, 6) is 0.817. The largest absolute Gasteiger partial charge is 0.458 e. The molecule has 0 saturated carbocycles. The molecule has 4 rings (SSSR count). The van der Waals surface area contributed by atoms with Gasteiger partial charge in [-0.05, 0) is 35.0 Å². The number of hydrogen-bond donors (Lipinski definition) is 0. The Morgan fingerprint density at radius 3 is 2.59 bits per heavy atom. The molecule has 2 aromatic carbocycles. The van der Waals surface area contributed by atoms with Crippen LogP contribution in [-0.4, -0.2) is 20.2 Å². The second-order valence-electron chi connectivity index (χ2n) is 5.29. The van der Waals surface area contributed by atoms with E-state index in [2.05, 4.69) is 46.7 Å². The Labute approximate surface area is 127 Å². The average molecular weight is 290 g/mol. The van der Waals surface area contributed by atoms with Crippen LogP contribution in [0.2, 0.25) is 0 Å². The normalized spacial score (nSPS) is 12.6. The van der Waals surface area contributed by atoms with Gasteiger partial charge in [-0.3, -0.25) is 0 Å². The van der Waals surface area contributed by atoms with Crippen LogP contribution in [0.3, 0.4) is 0 Å². The topological polar surface area (TPSA) is 56.7 Å². The number of tetrazole rings is 1. The molecule has 0 bridgehead atoms. The van der Waals surface area contributed by atoms with E-state index in [4.69, 9.17) is 4.42 Å². The van der Waals surface area contributed by atoms with Crippen molar-refractivity contribution in [1.29, 1.82) is 0 Å². The van der Waals surface area contributed by atoms with Crippen LogP contribution in [0.1, 0.15) is 22.9 Å². The number of furan rings is 1. The van der Waals surface area contributed by atoms with Crippen molar-refractivity contribution in [3.05, 3.63) is 77.8 Å². The van der Waals surface area contributed by atoms with Gasteiger partial charge in [-0.2, -0.15) is 0 Å². The molecule has 5 nitrogen and oxygen atoms in total. The number of fused-ring (bicyclic) bond motifs is 1. The van der Waals surface area contributed by atoms with Gasteiger partial charge in [-0.25, -0.2) is 4.68 Å². The lowest BCUT2D eigenvalue weighted by molar-refractivity contribution is 0.456. The molecule has 0 spiro atoms. The van der Waals surface area contributed by atoms with E-state index >= 15 is 0 Å². The molecule has 0 aliphatic carbocycles. The molecule has 1 unspecified atom stereocenters. The summed E-state index contributed by atoms with van der Waals surface area (Å²) in [5.41, 5.74) is 3.16. The number of benzene rings is 2. The highest BCUT2D eigenvalue weighted by Crippen LogP contribution is 2.30. The maximum Gasteiger partial charge on any atom is 0.139 e. The van der Waals surface area contributed by atoms with E-state index in [0.717, 1.165) is 22.3 Å². The number of nitrogens with zero attached hydrogens (tertiary/aromatic N) is 4. The molecule has 0 amide bonds. The van der Waals surface area contributed by atoms with Gasteiger partial charge in [0.25, 0.3) is 0 Å². The highest BCUT2D eigenvalue weighted by molar-refractivity contribution is 5.78. The minimum Gasteiger partial charge on any atom is -0.458 e. The summed E-state index contributed by atoms with van der Waals surface area (Å²) in [7, 11) is 0. The van der Waals surface area contributed by atoms with E-state index in [1.54, 1.807) is 11.0 Å². The predicted octanol–water partition coefficient (Wildman–Crippen LogP) is 3.37. The summed E-state index contributed by atoms with van der Waals surface area (Å²) in [6.45, 7) is 2.07. The summed E-state index contributed by atoms with van der Waals surface area (Å²) in [6.07, 6.45) is 1.61. The zero-order chi connectivity index (χ0) is 14.9. The molecular weight excluding hydrogens is 276 g/mol. The molecule has 0 aliphatic rings. The lowest BCUT2D eigenvalue weighted by atomic mass is 10.0. The summed E-state index contributed by atoms with van der Waals surface area (Å²) in [5, 5.41) is 12.6. The highest BCUT2D eigenvalue weighted by Gasteiger charge is 2.21. The van der Waals surface area contributed by atoms with Crippen molar-refractivity contribution >= 4 is 11.0 Å². The maximum absolute atomic E-state index is 6.02. The molecule has 0 N–H and O–H groups in total. The van der Waals surface area contributed by atoms with E-state index < -0.39 is 0 Å². The van der Waals surface area contributed by atoms with Crippen molar-refractivity contribution in [2.75, 3.05) is 0 Å². The summed E-state index contributed by atoms with van der Waals surface area (Å²) in [6, 6.07) is 18.1. The van der Waals surface area contributed by atoms with Crippen LogP contribution in [0.25, 0.3) is 11.0 Å². The average Bonchev–Trinajstić information content (AvgIpc) is 3.19. The quantitative estimate of drug-likeness (QED) is 0.580. The van der Waals surface area contributed by atoms with Crippen LogP contribution < -0.4 is 0 Å². The van der Waals surface area contributed by atoms with Gasteiger partial charge in [0, 0.05) is 5.39 Å². The molecule has 0 saturated heterocycles. The van der Waals surface area contributed by atoms with Gasteiger partial charge in [-0.1, -0.05) is 48.0 Å². The summed E-state index contributed by atoms with van der Waals surface area (Å²) < 4.78 is 7.73. The zero-order valence-corrected chi connectivity index (χ0v) is 12.0. The van der Waals surface area contributed by atoms with E-state index in [9.17, 15) is 0 Å². The lowest BCUT2D eigenvalue weighted by Gasteiger charge is -2.14. The van der Waals surface area contributed by atoms with Crippen LogP contribution in [0.4, 0.5) is 0 Å². The Morgan fingerprint density at radius 1 is 1.05 bits per heavy atom. The molecule has 2 aromatic heterocycles. The van der Waals surface area contributed by atoms with Gasteiger partial charge < -0.3 is 4.42 Å². The van der Waals surface area contributed by atoms with Crippen LogP contribution in [-0.2, 0) is 0 Å². The van der Waals surface area contributed by atoms with Crippen LogP contribution >= 0.6 is 0 Å². The zero-order valence-electron chi connectivity index (χ0n) is 12.0. The van der Waals surface area contributed by atoms with Gasteiger partial charge >= 0.3 is 0 Å². The summed E-state index contributed by atoms with van der Waals surface area (Å²) in [4.78, 5) is 0. The molecule has 0 fully saturated rings. The Kier molecular flexibility index (Phi) is 2.96. The fourth-order valence-electron chi connectivity index (χ4n) is 2.62. The van der Waals surface area contributed by atoms with E-state index in [0.29, 0.717) is 0 Å². The van der Waals surface area contributed by atoms with Crippen molar-refractivity contribution in [3.63, 3.8) is 0 Å². The van der Waals surface area contributed by atoms with Gasteiger partial charge in [0.1, 0.15) is 23.7 Å². The third kappa shape index (κ3) is 2.16. The monoisotopic (exact) mass is 290 g/mol. The Morgan fingerprint density at radius 2 is 1.86 bits per heavy atom. The molecule has 0 radical (unpaired) electrons. The Hall–Kier alpha value is -2.95. The fraction of sp³-hybridized carbons (Fsp3) is 0.118. The second kappa shape index (κ2) is 5.11. The third-order valence-corrected chi connectivity index (χ3v) is 3.74. The van der Waals surface area contributed by atoms with Gasteiger partial charge in [-0.15, -0.1) is 5.10 Å². The first-order valence-electron chi connectivity index (χ1n) is 7.09. The standard InChI is InChI=1S/C17H14N4O/c1-12-6-8-13(9-7-12)17(21-11-18-19-20-21)16-10-14-4-2-3-5-15(14)22-16/h2-11,17H,1H3. The first-order chi connectivity index (χ1) is 10.8. The number of hydrogen-bond acceptors (Lipinski definition) is 4. The van der Waals surface area contributed by atoms with Gasteiger partial charge in [0.05, 0.1) is 0 Å². The fourth-order valence-corrected chi connectivity index (χ4v) is 2.62. The predicted molar refractivity (Wildman–Crippen MR) is 82.5 cm³/mol. The van der Waals surface area contributed by atoms with Crippen molar-refractivity contribution in [2.45, 2.75) is 13.0 Å². The third-order valence-electron chi connectivity index (χ3n) is 3.74. The molecule has 4 aromatic rings. The van der Waals surface area contributed by atoms with E-state index in [1.165, 1.54) is 5.56 Å². The first-order valence-corrected chi connectivity index (χ1v) is 7.09. The second-order valence-corrected chi connectivity index (χ2v) is 5.29. The van der Waals surface area contributed by atoms with Crippen molar-refractivity contribution in [1.82, 2.24) is 20.2 Å². The van der Waals surface area contributed by atoms with Gasteiger partial charge in [0.2, 0.25) is 0 Å². The Balaban J connectivity index is 1.88. The number of aryl methyl sites for hydroxylation is 1.